The summed E-state index contributed by atoms with van der Waals surface area (Å²) in [5.41, 5.74) is 1.55. The zero-order valence-electron chi connectivity index (χ0n) is 12.8. The van der Waals surface area contributed by atoms with Crippen LogP contribution in [-0.2, 0) is 10.0 Å². The van der Waals surface area contributed by atoms with E-state index in [1.165, 1.54) is 0 Å². The van der Waals surface area contributed by atoms with Crippen molar-refractivity contribution in [1.82, 2.24) is 20.1 Å². The number of rotatable bonds is 6. The fraction of sp³-hybridized carbons (Fsp3) is 0.769. The number of nitrogens with zero attached hydrogens (tertiary/aromatic N) is 2. The van der Waals surface area contributed by atoms with Gasteiger partial charge in [-0.05, 0) is 20.8 Å². The average Bonchev–Trinajstić information content (AvgIpc) is 2.77. The van der Waals surface area contributed by atoms with Gasteiger partial charge >= 0.3 is 0 Å². The molecule has 0 aliphatic carbocycles. The van der Waals surface area contributed by atoms with E-state index in [1.807, 2.05) is 13.8 Å². The van der Waals surface area contributed by atoms with Gasteiger partial charge in [0.05, 0.1) is 11.4 Å². The van der Waals surface area contributed by atoms with E-state index in [4.69, 9.17) is 4.52 Å². The highest BCUT2D eigenvalue weighted by Gasteiger charge is 2.22. The third-order valence-electron chi connectivity index (χ3n) is 3.76. The number of aryl methyl sites for hydroxylation is 2. The van der Waals surface area contributed by atoms with Gasteiger partial charge in [-0.25, -0.2) is 13.1 Å². The molecular formula is C13H24N4O3S. The van der Waals surface area contributed by atoms with Gasteiger partial charge in [0.1, 0.15) is 5.76 Å². The summed E-state index contributed by atoms with van der Waals surface area (Å²) in [4.78, 5) is 2.16. The van der Waals surface area contributed by atoms with E-state index in [0.717, 1.165) is 37.4 Å². The van der Waals surface area contributed by atoms with Crippen molar-refractivity contribution < 1.29 is 12.9 Å². The maximum Gasteiger partial charge on any atom is 0.213 e. The van der Waals surface area contributed by atoms with Gasteiger partial charge in [-0.3, -0.25) is 4.90 Å². The van der Waals surface area contributed by atoms with Crippen LogP contribution >= 0.6 is 0 Å². The lowest BCUT2D eigenvalue weighted by Gasteiger charge is -2.27. The Hall–Kier alpha value is -0.960. The van der Waals surface area contributed by atoms with Gasteiger partial charge in [-0.15, -0.1) is 0 Å². The van der Waals surface area contributed by atoms with Crippen molar-refractivity contribution in [2.75, 3.05) is 38.5 Å². The Morgan fingerprint density at radius 3 is 2.62 bits per heavy atom. The highest BCUT2D eigenvalue weighted by Crippen LogP contribution is 2.21. The fourth-order valence-corrected chi connectivity index (χ4v) is 3.95. The summed E-state index contributed by atoms with van der Waals surface area (Å²) in [5.74, 6) is 0.769. The van der Waals surface area contributed by atoms with Crippen molar-refractivity contribution in [1.29, 1.82) is 0 Å². The molecule has 1 aliphatic rings. The first-order chi connectivity index (χ1) is 9.89. The predicted molar refractivity (Wildman–Crippen MR) is 80.6 cm³/mol. The minimum Gasteiger partial charge on any atom is -0.361 e. The van der Waals surface area contributed by atoms with E-state index >= 15 is 0 Å². The summed E-state index contributed by atoms with van der Waals surface area (Å²) in [6.07, 6.45) is 0. The van der Waals surface area contributed by atoms with Crippen LogP contribution in [0.2, 0.25) is 0 Å². The molecule has 0 amide bonds. The van der Waals surface area contributed by atoms with Crippen molar-refractivity contribution in [3.63, 3.8) is 0 Å². The van der Waals surface area contributed by atoms with Crippen molar-refractivity contribution in [3.8, 4) is 0 Å². The van der Waals surface area contributed by atoms with Gasteiger partial charge in [0, 0.05) is 44.3 Å². The number of sulfonamides is 1. The monoisotopic (exact) mass is 316 g/mol. The van der Waals surface area contributed by atoms with Gasteiger partial charge in [-0.2, -0.15) is 0 Å². The maximum absolute atomic E-state index is 12.2. The van der Waals surface area contributed by atoms with Crippen LogP contribution in [0.4, 0.5) is 0 Å². The molecule has 0 spiro atoms. The van der Waals surface area contributed by atoms with Crippen molar-refractivity contribution in [2.45, 2.75) is 26.8 Å². The molecule has 1 fully saturated rings. The van der Waals surface area contributed by atoms with E-state index in [-0.39, 0.29) is 11.8 Å². The summed E-state index contributed by atoms with van der Waals surface area (Å²) in [5, 5.41) is 7.11. The molecule has 1 saturated heterocycles. The lowest BCUT2D eigenvalue weighted by molar-refractivity contribution is 0.253. The molecule has 1 aliphatic heterocycles. The molecule has 2 rings (SSSR count). The van der Waals surface area contributed by atoms with Crippen LogP contribution in [-0.4, -0.2) is 57.0 Å². The van der Waals surface area contributed by atoms with E-state index < -0.39 is 10.0 Å². The molecular weight excluding hydrogens is 292 g/mol. The average molecular weight is 316 g/mol. The van der Waals surface area contributed by atoms with Crippen LogP contribution < -0.4 is 10.0 Å². The normalized spacial score (nSPS) is 18.8. The second-order valence-corrected chi connectivity index (χ2v) is 7.36. The summed E-state index contributed by atoms with van der Waals surface area (Å²) in [6.45, 7) is 9.62. The molecule has 2 heterocycles. The van der Waals surface area contributed by atoms with Gasteiger partial charge < -0.3 is 9.84 Å². The molecule has 0 radical (unpaired) electrons. The summed E-state index contributed by atoms with van der Waals surface area (Å²) in [6, 6.07) is -0.329. The molecule has 8 heteroatoms. The lowest BCUT2D eigenvalue weighted by Crippen LogP contribution is -2.46. The zero-order valence-corrected chi connectivity index (χ0v) is 13.7. The lowest BCUT2D eigenvalue weighted by atomic mass is 10.1. The molecule has 120 valence electrons. The Kier molecular flexibility index (Phi) is 5.37. The molecule has 1 aromatic heterocycles. The van der Waals surface area contributed by atoms with Crippen molar-refractivity contribution in [2.24, 2.45) is 0 Å². The number of hydrogen-bond acceptors (Lipinski definition) is 6. The molecule has 0 bridgehead atoms. The quantitative estimate of drug-likeness (QED) is 0.778. The molecule has 1 aromatic rings. The first-order valence-electron chi connectivity index (χ1n) is 7.25. The van der Waals surface area contributed by atoms with E-state index in [0.29, 0.717) is 12.3 Å². The van der Waals surface area contributed by atoms with Gasteiger partial charge in [0.25, 0.3) is 0 Å². The van der Waals surface area contributed by atoms with Crippen LogP contribution in [0.5, 0.6) is 0 Å². The Morgan fingerprint density at radius 2 is 2.05 bits per heavy atom. The maximum atomic E-state index is 12.2. The van der Waals surface area contributed by atoms with Gasteiger partial charge in [-0.1, -0.05) is 5.16 Å². The van der Waals surface area contributed by atoms with E-state index in [1.54, 1.807) is 6.92 Å². The summed E-state index contributed by atoms with van der Waals surface area (Å²) < 4.78 is 32.2. The Balaban J connectivity index is 1.91. The Bertz CT molecular complexity index is 544. The molecule has 7 nitrogen and oxygen atoms in total. The predicted octanol–water partition coefficient (Wildman–Crippen LogP) is 0.177. The highest BCUT2D eigenvalue weighted by molar-refractivity contribution is 7.89. The van der Waals surface area contributed by atoms with Crippen LogP contribution in [0, 0.1) is 13.8 Å². The van der Waals surface area contributed by atoms with E-state index in [2.05, 4.69) is 20.1 Å². The number of piperazine rings is 1. The minimum atomic E-state index is -3.32. The van der Waals surface area contributed by atoms with Crippen LogP contribution in [0.25, 0.3) is 0 Å². The molecule has 0 saturated carbocycles. The topological polar surface area (TPSA) is 87.5 Å². The molecule has 2 N–H and O–H groups in total. The smallest absolute Gasteiger partial charge is 0.213 e. The number of nitrogens with one attached hydrogen (secondary N) is 2. The zero-order chi connectivity index (χ0) is 15.5. The third-order valence-corrected chi connectivity index (χ3v) is 5.20. The largest absolute Gasteiger partial charge is 0.361 e. The molecule has 1 unspecified atom stereocenters. The first-order valence-corrected chi connectivity index (χ1v) is 8.90. The van der Waals surface area contributed by atoms with Crippen molar-refractivity contribution in [3.05, 3.63) is 17.0 Å². The van der Waals surface area contributed by atoms with Gasteiger partial charge in [0.15, 0.2) is 0 Å². The minimum absolute atomic E-state index is 0.112. The second-order valence-electron chi connectivity index (χ2n) is 5.49. The summed E-state index contributed by atoms with van der Waals surface area (Å²) >= 11 is 0. The highest BCUT2D eigenvalue weighted by atomic mass is 32.2. The van der Waals surface area contributed by atoms with Crippen LogP contribution in [0.1, 0.15) is 30.0 Å². The van der Waals surface area contributed by atoms with Gasteiger partial charge in [0.2, 0.25) is 10.0 Å². The Morgan fingerprint density at radius 1 is 1.38 bits per heavy atom. The number of hydrogen-bond donors (Lipinski definition) is 2. The second kappa shape index (κ2) is 6.87. The van der Waals surface area contributed by atoms with Crippen LogP contribution in [0.15, 0.2) is 4.52 Å². The Labute approximate surface area is 126 Å². The van der Waals surface area contributed by atoms with Crippen LogP contribution in [0.3, 0.4) is 0 Å². The third kappa shape index (κ3) is 4.50. The standard InChI is InChI=1S/C13H24N4O3S/c1-10-13(12(3)20-15-10)11(2)16-21(18,19)9-8-17-6-4-14-5-7-17/h11,14,16H,4-9H2,1-3H3. The van der Waals surface area contributed by atoms with E-state index in [9.17, 15) is 8.42 Å². The first kappa shape index (κ1) is 16.4. The molecule has 21 heavy (non-hydrogen) atoms. The SMILES string of the molecule is Cc1noc(C)c1C(C)NS(=O)(=O)CCN1CCNCC1. The van der Waals surface area contributed by atoms with Crippen molar-refractivity contribution >= 4 is 10.0 Å². The molecule has 1 atom stereocenters. The summed E-state index contributed by atoms with van der Waals surface area (Å²) in [7, 11) is -3.32. The fourth-order valence-electron chi connectivity index (χ4n) is 2.68. The number of aromatic nitrogens is 1. The molecule has 0 aromatic carbocycles.